The van der Waals surface area contributed by atoms with Gasteiger partial charge in [-0.05, 0) is 25.8 Å². The molecule has 1 fully saturated rings. The number of nitrogens with zero attached hydrogens (tertiary/aromatic N) is 2. The lowest BCUT2D eigenvalue weighted by molar-refractivity contribution is 0.0719. The first-order valence-corrected chi connectivity index (χ1v) is 6.49. The van der Waals surface area contributed by atoms with Gasteiger partial charge in [0.25, 0.3) is 0 Å². The molecular formula is C12H21N3O2. The molecule has 96 valence electrons. The summed E-state index contributed by atoms with van der Waals surface area (Å²) in [5, 5.41) is 11.6. The quantitative estimate of drug-likeness (QED) is 0.851. The summed E-state index contributed by atoms with van der Waals surface area (Å²) < 4.78 is 11.2. The Bertz CT molecular complexity index is 315. The average Bonchev–Trinajstić information content (AvgIpc) is 2.86. The summed E-state index contributed by atoms with van der Waals surface area (Å²) >= 11 is 0. The van der Waals surface area contributed by atoms with E-state index < -0.39 is 0 Å². The summed E-state index contributed by atoms with van der Waals surface area (Å²) in [6, 6.07) is 0.172. The van der Waals surface area contributed by atoms with Crippen LogP contribution in [0.3, 0.4) is 0 Å². The van der Waals surface area contributed by atoms with E-state index in [0.717, 1.165) is 38.3 Å². The first-order chi connectivity index (χ1) is 8.35. The van der Waals surface area contributed by atoms with E-state index in [4.69, 9.17) is 9.15 Å². The Morgan fingerprint density at radius 1 is 1.41 bits per heavy atom. The second kappa shape index (κ2) is 6.12. The number of nitrogens with one attached hydrogen (secondary N) is 1. The van der Waals surface area contributed by atoms with E-state index in [0.29, 0.717) is 12.5 Å². The van der Waals surface area contributed by atoms with Gasteiger partial charge in [-0.25, -0.2) is 0 Å². The molecule has 0 bridgehead atoms. The van der Waals surface area contributed by atoms with E-state index in [1.165, 1.54) is 0 Å². The molecule has 0 amide bonds. The van der Waals surface area contributed by atoms with E-state index in [9.17, 15) is 0 Å². The van der Waals surface area contributed by atoms with Crippen molar-refractivity contribution in [1.82, 2.24) is 15.5 Å². The topological polar surface area (TPSA) is 60.2 Å². The van der Waals surface area contributed by atoms with E-state index in [1.54, 1.807) is 0 Å². The lowest BCUT2D eigenvalue weighted by atomic mass is 10.0. The Morgan fingerprint density at radius 2 is 2.29 bits per heavy atom. The summed E-state index contributed by atoms with van der Waals surface area (Å²) in [7, 11) is 0. The molecule has 5 heteroatoms. The average molecular weight is 239 g/mol. The minimum Gasteiger partial charge on any atom is -0.423 e. The zero-order valence-corrected chi connectivity index (χ0v) is 10.6. The van der Waals surface area contributed by atoms with E-state index in [-0.39, 0.29) is 12.0 Å². The highest BCUT2D eigenvalue weighted by Crippen LogP contribution is 2.26. The van der Waals surface area contributed by atoms with Crippen molar-refractivity contribution in [3.8, 4) is 0 Å². The van der Waals surface area contributed by atoms with Crippen LogP contribution in [0.5, 0.6) is 0 Å². The van der Waals surface area contributed by atoms with Crippen molar-refractivity contribution in [3.63, 3.8) is 0 Å². The van der Waals surface area contributed by atoms with Crippen LogP contribution in [0.4, 0.5) is 0 Å². The highest BCUT2D eigenvalue weighted by Gasteiger charge is 2.23. The third-order valence-corrected chi connectivity index (χ3v) is 3.12. The van der Waals surface area contributed by atoms with Gasteiger partial charge in [-0.1, -0.05) is 13.8 Å². The summed E-state index contributed by atoms with van der Waals surface area (Å²) in [6.45, 7) is 6.66. The van der Waals surface area contributed by atoms with Gasteiger partial charge < -0.3 is 14.5 Å². The third-order valence-electron chi connectivity index (χ3n) is 3.12. The smallest absolute Gasteiger partial charge is 0.233 e. The zero-order valence-electron chi connectivity index (χ0n) is 10.6. The van der Waals surface area contributed by atoms with Gasteiger partial charge in [-0.15, -0.1) is 10.2 Å². The van der Waals surface area contributed by atoms with Gasteiger partial charge >= 0.3 is 0 Å². The van der Waals surface area contributed by atoms with Crippen LogP contribution < -0.4 is 5.32 Å². The van der Waals surface area contributed by atoms with Crippen molar-refractivity contribution >= 4 is 0 Å². The maximum atomic E-state index is 5.76. The molecule has 1 N–H and O–H groups in total. The lowest BCUT2D eigenvalue weighted by Gasteiger charge is -2.18. The van der Waals surface area contributed by atoms with Gasteiger partial charge in [-0.3, -0.25) is 0 Å². The van der Waals surface area contributed by atoms with Crippen LogP contribution in [0, 0.1) is 0 Å². The monoisotopic (exact) mass is 239 g/mol. The maximum absolute atomic E-state index is 5.76. The fourth-order valence-electron chi connectivity index (χ4n) is 2.14. The van der Waals surface area contributed by atoms with E-state index in [1.807, 2.05) is 0 Å². The predicted molar refractivity (Wildman–Crippen MR) is 63.8 cm³/mol. The van der Waals surface area contributed by atoms with Gasteiger partial charge in [0.15, 0.2) is 0 Å². The molecule has 2 atom stereocenters. The first-order valence-electron chi connectivity index (χ1n) is 6.49. The summed E-state index contributed by atoms with van der Waals surface area (Å²) in [5.74, 6) is 1.72. The molecule has 0 radical (unpaired) electrons. The number of hydrogen-bond acceptors (Lipinski definition) is 5. The van der Waals surface area contributed by atoms with Crippen molar-refractivity contribution in [2.24, 2.45) is 0 Å². The lowest BCUT2D eigenvalue weighted by Crippen LogP contribution is -2.20. The fraction of sp³-hybridized carbons (Fsp3) is 0.833. The second-order valence-electron chi connectivity index (χ2n) is 4.41. The molecule has 2 heterocycles. The predicted octanol–water partition coefficient (Wildman–Crippen LogP) is 2.02. The normalized spacial score (nSPS) is 22.6. The van der Waals surface area contributed by atoms with Crippen LogP contribution in [0.2, 0.25) is 0 Å². The second-order valence-corrected chi connectivity index (χ2v) is 4.41. The minimum absolute atomic E-state index is 0.172. The Hall–Kier alpha value is -0.940. The Labute approximate surface area is 102 Å². The summed E-state index contributed by atoms with van der Waals surface area (Å²) in [5.41, 5.74) is 0. The molecule has 17 heavy (non-hydrogen) atoms. The molecule has 0 aromatic carbocycles. The van der Waals surface area contributed by atoms with Crippen molar-refractivity contribution in [1.29, 1.82) is 0 Å². The molecule has 5 nitrogen and oxygen atoms in total. The number of hydrogen-bond donors (Lipinski definition) is 1. The summed E-state index contributed by atoms with van der Waals surface area (Å²) in [4.78, 5) is 0. The number of aromatic nitrogens is 2. The van der Waals surface area contributed by atoms with Gasteiger partial charge in [0.2, 0.25) is 11.8 Å². The molecular weight excluding hydrogens is 218 g/mol. The number of rotatable bonds is 5. The largest absolute Gasteiger partial charge is 0.423 e. The SMILES string of the molecule is CCNC(CC)c1nnc(C2CCCOC2)o1. The van der Waals surface area contributed by atoms with Crippen LogP contribution in [0.15, 0.2) is 4.42 Å². The van der Waals surface area contributed by atoms with Crippen LogP contribution in [-0.2, 0) is 4.74 Å². The van der Waals surface area contributed by atoms with Crippen LogP contribution in [-0.4, -0.2) is 30.0 Å². The Balaban J connectivity index is 2.03. The van der Waals surface area contributed by atoms with Gasteiger partial charge in [0.1, 0.15) is 0 Å². The molecule has 0 aliphatic carbocycles. The molecule has 1 saturated heterocycles. The Kier molecular flexibility index (Phi) is 4.50. The summed E-state index contributed by atoms with van der Waals surface area (Å²) in [6.07, 6.45) is 3.11. The van der Waals surface area contributed by atoms with E-state index >= 15 is 0 Å². The first kappa shape index (κ1) is 12.5. The van der Waals surface area contributed by atoms with Crippen LogP contribution >= 0.6 is 0 Å². The molecule has 0 saturated carbocycles. The van der Waals surface area contributed by atoms with Gasteiger partial charge in [-0.2, -0.15) is 0 Å². The molecule has 1 aromatic heterocycles. The molecule has 1 aliphatic heterocycles. The van der Waals surface area contributed by atoms with Crippen molar-refractivity contribution in [2.45, 2.75) is 45.1 Å². The van der Waals surface area contributed by atoms with Crippen LogP contribution in [0.25, 0.3) is 0 Å². The van der Waals surface area contributed by atoms with E-state index in [2.05, 4.69) is 29.4 Å². The molecule has 1 aromatic rings. The number of ether oxygens (including phenoxy) is 1. The van der Waals surface area contributed by atoms with Crippen LogP contribution in [0.1, 0.15) is 56.9 Å². The highest BCUT2D eigenvalue weighted by atomic mass is 16.5. The third kappa shape index (κ3) is 3.04. The molecule has 0 spiro atoms. The highest BCUT2D eigenvalue weighted by molar-refractivity contribution is 4.96. The maximum Gasteiger partial charge on any atom is 0.233 e. The standard InChI is InChI=1S/C12H21N3O2/c1-3-10(13-4-2)12-15-14-11(17-12)9-6-5-7-16-8-9/h9-10,13H,3-8H2,1-2H3. The molecule has 2 unspecified atom stereocenters. The van der Waals surface area contributed by atoms with Crippen molar-refractivity contribution in [3.05, 3.63) is 11.8 Å². The van der Waals surface area contributed by atoms with Gasteiger partial charge in [0.05, 0.1) is 18.6 Å². The molecule has 2 rings (SSSR count). The fourth-order valence-corrected chi connectivity index (χ4v) is 2.14. The molecule has 1 aliphatic rings. The van der Waals surface area contributed by atoms with Crippen molar-refractivity contribution in [2.75, 3.05) is 19.8 Å². The minimum atomic E-state index is 0.172. The van der Waals surface area contributed by atoms with Gasteiger partial charge in [0, 0.05) is 6.61 Å². The zero-order chi connectivity index (χ0) is 12.1. The Morgan fingerprint density at radius 3 is 2.94 bits per heavy atom. The van der Waals surface area contributed by atoms with Crippen molar-refractivity contribution < 1.29 is 9.15 Å².